The van der Waals surface area contributed by atoms with Crippen molar-refractivity contribution in [2.75, 3.05) is 0 Å². The molecule has 1 aromatic heterocycles. The first-order chi connectivity index (χ1) is 16.8. The Kier molecular flexibility index (Phi) is 16.4. The van der Waals surface area contributed by atoms with Crippen LogP contribution in [0, 0.1) is 0 Å². The molecule has 190 valence electrons. The summed E-state index contributed by atoms with van der Waals surface area (Å²) in [7, 11) is 0. The third-order valence-corrected chi connectivity index (χ3v) is 7.06. The van der Waals surface area contributed by atoms with E-state index < -0.39 is 0 Å². The van der Waals surface area contributed by atoms with Gasteiger partial charge in [0.05, 0.1) is 0 Å². The average molecular weight is 465 g/mol. The van der Waals surface area contributed by atoms with Crippen LogP contribution in [0.1, 0.15) is 141 Å². The van der Waals surface area contributed by atoms with Crippen LogP contribution in [0.25, 0.3) is 11.4 Å². The topological polar surface area (TPSA) is 25.8 Å². The van der Waals surface area contributed by atoms with Gasteiger partial charge in [0.15, 0.2) is 5.82 Å². The monoisotopic (exact) mass is 464 g/mol. The summed E-state index contributed by atoms with van der Waals surface area (Å²) >= 11 is 0. The molecule has 0 unspecified atom stereocenters. The highest BCUT2D eigenvalue weighted by atomic mass is 14.9. The number of rotatable bonds is 21. The molecule has 34 heavy (non-hydrogen) atoms. The van der Waals surface area contributed by atoms with Gasteiger partial charge in [0, 0.05) is 18.0 Å². The molecule has 0 aliphatic rings. The summed E-state index contributed by atoms with van der Waals surface area (Å²) in [5.74, 6) is 0.852. The fraction of sp³-hybridized carbons (Fsp3) is 0.688. The van der Waals surface area contributed by atoms with E-state index in [0.717, 1.165) is 17.8 Å². The van der Waals surface area contributed by atoms with Crippen molar-refractivity contribution in [3.63, 3.8) is 0 Å². The molecule has 2 heteroatoms. The number of hydrogen-bond donors (Lipinski definition) is 0. The summed E-state index contributed by atoms with van der Waals surface area (Å²) in [6.45, 7) is 4.57. The molecule has 0 bridgehead atoms. The molecule has 0 aliphatic carbocycles. The van der Waals surface area contributed by atoms with Gasteiger partial charge in [-0.05, 0) is 36.8 Å². The first-order valence-electron chi connectivity index (χ1n) is 14.7. The van der Waals surface area contributed by atoms with Crippen LogP contribution < -0.4 is 0 Å². The van der Waals surface area contributed by atoms with E-state index >= 15 is 0 Å². The van der Waals surface area contributed by atoms with Gasteiger partial charge < -0.3 is 0 Å². The molecule has 0 fully saturated rings. The summed E-state index contributed by atoms with van der Waals surface area (Å²) in [6.07, 6.45) is 31.2. The van der Waals surface area contributed by atoms with Crippen molar-refractivity contribution in [2.24, 2.45) is 0 Å². The zero-order valence-electron chi connectivity index (χ0n) is 22.5. The summed E-state index contributed by atoms with van der Waals surface area (Å²) in [5, 5.41) is 0. The zero-order valence-corrected chi connectivity index (χ0v) is 22.5. The van der Waals surface area contributed by atoms with Crippen LogP contribution in [0.2, 0.25) is 0 Å². The minimum absolute atomic E-state index is 0.852. The third-order valence-electron chi connectivity index (χ3n) is 7.06. The van der Waals surface area contributed by atoms with E-state index in [1.54, 1.807) is 0 Å². The minimum Gasteiger partial charge on any atom is -0.236 e. The van der Waals surface area contributed by atoms with Gasteiger partial charge in [0.1, 0.15) is 0 Å². The maximum absolute atomic E-state index is 4.65. The van der Waals surface area contributed by atoms with Crippen LogP contribution in [0.15, 0.2) is 36.7 Å². The standard InChI is InChI=1S/C32H52N2/c1-3-5-7-9-11-13-14-16-18-20-22-30-27-33-32(34-28-30)31-25-23-29(24-26-31)21-19-17-15-12-10-8-6-4-2/h23-28H,3-22H2,1-2H3. The minimum atomic E-state index is 0.852. The molecule has 0 aliphatic heterocycles. The van der Waals surface area contributed by atoms with E-state index in [2.05, 4.69) is 48.1 Å². The van der Waals surface area contributed by atoms with Crippen molar-refractivity contribution in [1.82, 2.24) is 9.97 Å². The SMILES string of the molecule is CCCCCCCCCCCCc1cnc(-c2ccc(CCCCCCCCCC)cc2)nc1. The first kappa shape index (κ1) is 28.5. The van der Waals surface area contributed by atoms with E-state index in [9.17, 15) is 0 Å². The van der Waals surface area contributed by atoms with Crippen LogP contribution in [0.5, 0.6) is 0 Å². The Morgan fingerprint density at radius 1 is 0.441 bits per heavy atom. The van der Waals surface area contributed by atoms with Gasteiger partial charge >= 0.3 is 0 Å². The molecule has 0 atom stereocenters. The molecule has 2 aromatic rings. The number of unbranched alkanes of at least 4 members (excludes halogenated alkanes) is 16. The van der Waals surface area contributed by atoms with Crippen LogP contribution in [0.4, 0.5) is 0 Å². The largest absolute Gasteiger partial charge is 0.236 e. The summed E-state index contributed by atoms with van der Waals surface area (Å²) in [5.41, 5.74) is 3.84. The van der Waals surface area contributed by atoms with Gasteiger partial charge in [-0.2, -0.15) is 0 Å². The lowest BCUT2D eigenvalue weighted by atomic mass is 10.0. The van der Waals surface area contributed by atoms with Crippen molar-refractivity contribution in [1.29, 1.82) is 0 Å². The average Bonchev–Trinajstić information content (AvgIpc) is 2.87. The molecule has 0 amide bonds. The second-order valence-electron chi connectivity index (χ2n) is 10.3. The molecular weight excluding hydrogens is 412 g/mol. The Hall–Kier alpha value is -1.70. The summed E-state index contributed by atoms with van der Waals surface area (Å²) < 4.78 is 0. The third kappa shape index (κ3) is 13.3. The molecule has 2 nitrogen and oxygen atoms in total. The van der Waals surface area contributed by atoms with E-state index in [1.807, 2.05) is 12.4 Å². The maximum atomic E-state index is 4.65. The Bertz CT molecular complexity index is 705. The van der Waals surface area contributed by atoms with Crippen LogP contribution in [0.3, 0.4) is 0 Å². The number of aromatic nitrogens is 2. The van der Waals surface area contributed by atoms with E-state index in [-0.39, 0.29) is 0 Å². The fourth-order valence-electron chi connectivity index (χ4n) is 4.73. The van der Waals surface area contributed by atoms with Crippen LogP contribution >= 0.6 is 0 Å². The molecular formula is C32H52N2. The molecule has 0 radical (unpaired) electrons. The second kappa shape index (κ2) is 19.6. The molecule has 1 heterocycles. The number of hydrogen-bond acceptors (Lipinski definition) is 2. The second-order valence-corrected chi connectivity index (χ2v) is 10.3. The zero-order chi connectivity index (χ0) is 24.1. The normalized spacial score (nSPS) is 11.2. The van der Waals surface area contributed by atoms with Crippen LogP contribution in [-0.4, -0.2) is 9.97 Å². The number of benzene rings is 1. The summed E-state index contributed by atoms with van der Waals surface area (Å²) in [6, 6.07) is 8.91. The van der Waals surface area contributed by atoms with Gasteiger partial charge in [0.2, 0.25) is 0 Å². The van der Waals surface area contributed by atoms with Crippen LogP contribution in [-0.2, 0) is 12.8 Å². The van der Waals surface area contributed by atoms with Gasteiger partial charge in [0.25, 0.3) is 0 Å². The highest BCUT2D eigenvalue weighted by Gasteiger charge is 2.03. The lowest BCUT2D eigenvalue weighted by molar-refractivity contribution is 0.556. The van der Waals surface area contributed by atoms with E-state index in [0.29, 0.717) is 0 Å². The van der Waals surface area contributed by atoms with E-state index in [1.165, 1.54) is 133 Å². The molecule has 0 spiro atoms. The lowest BCUT2D eigenvalue weighted by Gasteiger charge is -2.06. The molecule has 0 saturated heterocycles. The van der Waals surface area contributed by atoms with Gasteiger partial charge in [-0.15, -0.1) is 0 Å². The van der Waals surface area contributed by atoms with Crippen molar-refractivity contribution in [2.45, 2.75) is 142 Å². The Balaban J connectivity index is 1.56. The van der Waals surface area contributed by atoms with Crippen molar-refractivity contribution >= 4 is 0 Å². The molecule has 1 aromatic carbocycles. The fourth-order valence-corrected chi connectivity index (χ4v) is 4.73. The highest BCUT2D eigenvalue weighted by molar-refractivity contribution is 5.55. The first-order valence-corrected chi connectivity index (χ1v) is 14.7. The van der Waals surface area contributed by atoms with Gasteiger partial charge in [-0.25, -0.2) is 9.97 Å². The van der Waals surface area contributed by atoms with Crippen molar-refractivity contribution < 1.29 is 0 Å². The van der Waals surface area contributed by atoms with E-state index in [4.69, 9.17) is 0 Å². The van der Waals surface area contributed by atoms with Gasteiger partial charge in [-0.1, -0.05) is 141 Å². The number of nitrogens with zero attached hydrogens (tertiary/aromatic N) is 2. The van der Waals surface area contributed by atoms with Gasteiger partial charge in [-0.3, -0.25) is 0 Å². The smallest absolute Gasteiger partial charge is 0.159 e. The Labute approximate surface area is 211 Å². The predicted molar refractivity (Wildman–Crippen MR) is 149 cm³/mol. The summed E-state index contributed by atoms with van der Waals surface area (Å²) in [4.78, 5) is 9.30. The quantitative estimate of drug-likeness (QED) is 0.172. The Morgan fingerprint density at radius 2 is 0.824 bits per heavy atom. The Morgan fingerprint density at radius 3 is 1.26 bits per heavy atom. The van der Waals surface area contributed by atoms with Crippen molar-refractivity contribution in [3.8, 4) is 11.4 Å². The number of aryl methyl sites for hydroxylation is 2. The van der Waals surface area contributed by atoms with Crippen molar-refractivity contribution in [3.05, 3.63) is 47.8 Å². The molecule has 0 saturated carbocycles. The lowest BCUT2D eigenvalue weighted by Crippen LogP contribution is -1.94. The molecule has 2 rings (SSSR count). The molecule has 0 N–H and O–H groups in total. The highest BCUT2D eigenvalue weighted by Crippen LogP contribution is 2.18. The maximum Gasteiger partial charge on any atom is 0.159 e. The predicted octanol–water partition coefficient (Wildman–Crippen LogP) is 10.3.